The van der Waals surface area contributed by atoms with Gasteiger partial charge in [-0.1, -0.05) is 0 Å². The van der Waals surface area contributed by atoms with E-state index in [0.29, 0.717) is 17.7 Å². The van der Waals surface area contributed by atoms with Gasteiger partial charge in [0.2, 0.25) is 5.89 Å². The third-order valence-electron chi connectivity index (χ3n) is 2.32. The molecule has 0 saturated heterocycles. The molecule has 0 aliphatic rings. The molecule has 2 heterocycles. The van der Waals surface area contributed by atoms with E-state index in [1.54, 1.807) is 20.0 Å². The Bertz CT molecular complexity index is 570. The van der Waals surface area contributed by atoms with Crippen LogP contribution in [-0.2, 0) is 0 Å². The van der Waals surface area contributed by atoms with Crippen LogP contribution in [0.25, 0.3) is 0 Å². The number of anilines is 2. The van der Waals surface area contributed by atoms with Gasteiger partial charge in [-0.05, 0) is 13.8 Å². The summed E-state index contributed by atoms with van der Waals surface area (Å²) < 4.78 is 31.7. The lowest BCUT2D eigenvalue weighted by Gasteiger charge is -2.12. The van der Waals surface area contributed by atoms with Gasteiger partial charge in [0.25, 0.3) is 0 Å². The summed E-state index contributed by atoms with van der Waals surface area (Å²) in [6.45, 7) is 3.46. The fourth-order valence-corrected chi connectivity index (χ4v) is 1.42. The number of aromatic nitrogens is 2. The number of hydrogen-bond donors (Lipinski definition) is 2. The minimum atomic E-state index is -0.891. The summed E-state index contributed by atoms with van der Waals surface area (Å²) in [5.74, 6) is -1.19. The van der Waals surface area contributed by atoms with Crippen molar-refractivity contribution in [2.45, 2.75) is 19.9 Å². The lowest BCUT2D eigenvalue weighted by molar-refractivity contribution is 0.452. The number of hydrogen-bond acceptors (Lipinski definition) is 5. The first kappa shape index (κ1) is 12.3. The first-order valence-corrected chi connectivity index (χ1v) is 5.27. The summed E-state index contributed by atoms with van der Waals surface area (Å²) in [6.07, 6.45) is 1.55. The van der Waals surface area contributed by atoms with Gasteiger partial charge < -0.3 is 15.5 Å². The molecule has 0 saturated carbocycles. The Labute approximate surface area is 102 Å². The normalized spacial score (nSPS) is 12.4. The lowest BCUT2D eigenvalue weighted by Crippen LogP contribution is -2.11. The van der Waals surface area contributed by atoms with E-state index in [-0.39, 0.29) is 11.6 Å². The van der Waals surface area contributed by atoms with Gasteiger partial charge in [0, 0.05) is 6.07 Å². The van der Waals surface area contributed by atoms with Gasteiger partial charge >= 0.3 is 0 Å². The Morgan fingerprint density at radius 3 is 2.72 bits per heavy atom. The summed E-state index contributed by atoms with van der Waals surface area (Å²) in [5.41, 5.74) is 5.28. The molecular weight excluding hydrogens is 242 g/mol. The summed E-state index contributed by atoms with van der Waals surface area (Å²) in [6, 6.07) is 0.267. The van der Waals surface area contributed by atoms with Crippen LogP contribution in [0.15, 0.2) is 16.7 Å². The fourth-order valence-electron chi connectivity index (χ4n) is 1.42. The molecule has 96 valence electrons. The molecule has 5 nitrogen and oxygen atoms in total. The predicted molar refractivity (Wildman–Crippen MR) is 61.8 cm³/mol. The number of nitrogens with one attached hydrogen (secondary N) is 1. The van der Waals surface area contributed by atoms with Gasteiger partial charge in [0.05, 0.1) is 6.20 Å². The number of rotatable bonds is 3. The first-order valence-electron chi connectivity index (χ1n) is 5.27. The van der Waals surface area contributed by atoms with Crippen LogP contribution in [0.5, 0.6) is 0 Å². The molecule has 18 heavy (non-hydrogen) atoms. The SMILES string of the molecule is Cc1cnc(C(C)Nc2nc(N)c(F)cc2F)o1. The molecule has 0 bridgehead atoms. The minimum absolute atomic E-state index is 0.141. The zero-order chi connectivity index (χ0) is 13.3. The van der Waals surface area contributed by atoms with E-state index in [4.69, 9.17) is 10.2 Å². The lowest BCUT2D eigenvalue weighted by atomic mass is 10.3. The zero-order valence-electron chi connectivity index (χ0n) is 9.87. The van der Waals surface area contributed by atoms with Crippen molar-refractivity contribution in [3.05, 3.63) is 35.5 Å². The third-order valence-corrected chi connectivity index (χ3v) is 2.32. The van der Waals surface area contributed by atoms with Crippen LogP contribution >= 0.6 is 0 Å². The Morgan fingerprint density at radius 1 is 1.39 bits per heavy atom. The highest BCUT2D eigenvalue weighted by Gasteiger charge is 2.16. The maximum Gasteiger partial charge on any atom is 0.216 e. The van der Waals surface area contributed by atoms with Crippen molar-refractivity contribution in [1.82, 2.24) is 9.97 Å². The standard InChI is InChI=1S/C11H12F2N4O/c1-5-4-15-11(18-5)6(2)16-10-8(13)3-7(12)9(14)17-10/h3-4,6H,1-2H3,(H3,14,16,17). The minimum Gasteiger partial charge on any atom is -0.444 e. The average Bonchev–Trinajstić information content (AvgIpc) is 2.73. The van der Waals surface area contributed by atoms with E-state index in [2.05, 4.69) is 15.3 Å². The van der Waals surface area contributed by atoms with Crippen LogP contribution in [0.1, 0.15) is 24.6 Å². The number of pyridine rings is 1. The molecule has 3 N–H and O–H groups in total. The summed E-state index contributed by atoms with van der Waals surface area (Å²) in [7, 11) is 0. The highest BCUT2D eigenvalue weighted by Crippen LogP contribution is 2.22. The van der Waals surface area contributed by atoms with Crippen molar-refractivity contribution in [2.24, 2.45) is 0 Å². The molecule has 2 aromatic heterocycles. The van der Waals surface area contributed by atoms with Crippen LogP contribution in [0, 0.1) is 18.6 Å². The van der Waals surface area contributed by atoms with Gasteiger partial charge in [-0.25, -0.2) is 18.7 Å². The molecule has 0 radical (unpaired) electrons. The number of halogens is 2. The van der Waals surface area contributed by atoms with E-state index in [0.717, 1.165) is 0 Å². The van der Waals surface area contributed by atoms with E-state index in [1.807, 2.05) is 0 Å². The molecule has 2 rings (SSSR count). The van der Waals surface area contributed by atoms with Crippen LogP contribution in [-0.4, -0.2) is 9.97 Å². The Hall–Kier alpha value is -2.18. The maximum atomic E-state index is 13.4. The molecule has 1 unspecified atom stereocenters. The molecular formula is C11H12F2N4O. The molecule has 0 aromatic carbocycles. The van der Waals surface area contributed by atoms with Gasteiger partial charge in [-0.2, -0.15) is 0 Å². The second kappa shape index (κ2) is 4.59. The van der Waals surface area contributed by atoms with E-state index < -0.39 is 17.7 Å². The fraction of sp³-hybridized carbons (Fsp3) is 0.273. The number of nitrogen functional groups attached to an aromatic ring is 1. The summed E-state index contributed by atoms with van der Waals surface area (Å²) in [4.78, 5) is 7.59. The molecule has 1 atom stereocenters. The van der Waals surface area contributed by atoms with Gasteiger partial charge in [-0.3, -0.25) is 0 Å². The predicted octanol–water partition coefficient (Wildman–Crippen LogP) is 2.41. The second-order valence-electron chi connectivity index (χ2n) is 3.86. The maximum absolute atomic E-state index is 13.4. The van der Waals surface area contributed by atoms with Gasteiger partial charge in [0.1, 0.15) is 11.8 Å². The smallest absolute Gasteiger partial charge is 0.216 e. The monoisotopic (exact) mass is 254 g/mol. The van der Waals surface area contributed by atoms with Crippen LogP contribution in [0.3, 0.4) is 0 Å². The van der Waals surface area contributed by atoms with E-state index >= 15 is 0 Å². The van der Waals surface area contributed by atoms with E-state index in [9.17, 15) is 8.78 Å². The van der Waals surface area contributed by atoms with Gasteiger partial charge in [-0.15, -0.1) is 0 Å². The molecule has 0 aliphatic carbocycles. The molecule has 0 fully saturated rings. The Morgan fingerprint density at radius 2 is 2.11 bits per heavy atom. The van der Waals surface area contributed by atoms with Crippen molar-refractivity contribution in [1.29, 1.82) is 0 Å². The van der Waals surface area contributed by atoms with Crippen LogP contribution in [0.4, 0.5) is 20.4 Å². The third kappa shape index (κ3) is 2.39. The van der Waals surface area contributed by atoms with Crippen molar-refractivity contribution >= 4 is 11.6 Å². The highest BCUT2D eigenvalue weighted by atomic mass is 19.1. The van der Waals surface area contributed by atoms with Crippen molar-refractivity contribution in [3.63, 3.8) is 0 Å². The molecule has 0 aliphatic heterocycles. The zero-order valence-corrected chi connectivity index (χ0v) is 9.87. The molecule has 2 aromatic rings. The van der Waals surface area contributed by atoms with Crippen LogP contribution < -0.4 is 11.1 Å². The van der Waals surface area contributed by atoms with Crippen LogP contribution in [0.2, 0.25) is 0 Å². The first-order chi connectivity index (χ1) is 8.47. The molecule has 7 heteroatoms. The molecule has 0 amide bonds. The second-order valence-corrected chi connectivity index (χ2v) is 3.86. The summed E-state index contributed by atoms with van der Waals surface area (Å²) >= 11 is 0. The number of nitrogens with zero attached hydrogens (tertiary/aromatic N) is 2. The Balaban J connectivity index is 2.21. The summed E-state index contributed by atoms with van der Waals surface area (Å²) in [5, 5.41) is 2.72. The largest absolute Gasteiger partial charge is 0.444 e. The van der Waals surface area contributed by atoms with E-state index in [1.165, 1.54) is 0 Å². The number of aryl methyl sites for hydroxylation is 1. The quantitative estimate of drug-likeness (QED) is 0.879. The van der Waals surface area contributed by atoms with Gasteiger partial charge in [0.15, 0.2) is 23.3 Å². The molecule has 0 spiro atoms. The number of oxazole rings is 1. The highest BCUT2D eigenvalue weighted by molar-refractivity contribution is 5.45. The Kier molecular flexibility index (Phi) is 3.14. The number of nitrogens with two attached hydrogens (primary N) is 1. The van der Waals surface area contributed by atoms with Crippen molar-refractivity contribution < 1.29 is 13.2 Å². The average molecular weight is 254 g/mol. The van der Waals surface area contributed by atoms with Crippen molar-refractivity contribution in [2.75, 3.05) is 11.1 Å². The van der Waals surface area contributed by atoms with Crippen molar-refractivity contribution in [3.8, 4) is 0 Å². The topological polar surface area (TPSA) is 77.0 Å².